The first-order valence-electron chi connectivity index (χ1n) is 8.53. The molecule has 126 valence electrons. The van der Waals surface area contributed by atoms with Crippen LogP contribution in [-0.2, 0) is 16.1 Å². The lowest BCUT2D eigenvalue weighted by Crippen LogP contribution is -2.51. The number of morpholine rings is 1. The maximum absolute atomic E-state index is 11.4. The molecule has 3 rings (SSSR count). The molecule has 0 radical (unpaired) electrons. The first-order valence-corrected chi connectivity index (χ1v) is 8.53. The summed E-state index contributed by atoms with van der Waals surface area (Å²) in [5.74, 6) is 0.557. The van der Waals surface area contributed by atoms with Gasteiger partial charge in [0.25, 0.3) is 0 Å². The van der Waals surface area contributed by atoms with Crippen molar-refractivity contribution in [2.45, 2.75) is 57.5 Å². The fraction of sp³-hybridized carbons (Fsp3) is 0.611. The van der Waals surface area contributed by atoms with Crippen LogP contribution < -0.4 is 10.5 Å². The Kier molecular flexibility index (Phi) is 5.18. The van der Waals surface area contributed by atoms with Gasteiger partial charge in [-0.1, -0.05) is 12.1 Å². The van der Waals surface area contributed by atoms with E-state index >= 15 is 0 Å². The van der Waals surface area contributed by atoms with Gasteiger partial charge < -0.3 is 15.2 Å². The van der Waals surface area contributed by atoms with Crippen LogP contribution in [0.2, 0.25) is 0 Å². The van der Waals surface area contributed by atoms with Gasteiger partial charge in [0.1, 0.15) is 11.9 Å². The number of nitrogens with two attached hydrogens (primary N) is 1. The van der Waals surface area contributed by atoms with E-state index in [1.54, 1.807) is 0 Å². The highest BCUT2D eigenvalue weighted by molar-refractivity contribution is 5.79. The summed E-state index contributed by atoms with van der Waals surface area (Å²) in [5.41, 5.74) is 6.58. The first-order chi connectivity index (χ1) is 11.1. The molecule has 1 aromatic rings. The van der Waals surface area contributed by atoms with Gasteiger partial charge in [0.05, 0.1) is 12.2 Å². The van der Waals surface area contributed by atoms with Gasteiger partial charge in [0.15, 0.2) is 0 Å². The second-order valence-corrected chi connectivity index (χ2v) is 6.70. The molecule has 1 saturated carbocycles. The SMILES string of the molecule is C[C@@H]1CN(Cc2cccc(OC3CCCC3)c2)C[C@@H](C(N)=O)O1. The molecule has 0 aromatic heterocycles. The molecule has 0 bridgehead atoms. The third-order valence-corrected chi connectivity index (χ3v) is 4.56. The Balaban J connectivity index is 1.61. The molecule has 0 spiro atoms. The number of amides is 1. The van der Waals surface area contributed by atoms with Gasteiger partial charge >= 0.3 is 0 Å². The highest BCUT2D eigenvalue weighted by Crippen LogP contribution is 2.25. The lowest BCUT2D eigenvalue weighted by atomic mass is 10.1. The Hall–Kier alpha value is -1.59. The van der Waals surface area contributed by atoms with Crippen LogP contribution in [0, 0.1) is 0 Å². The molecular formula is C18H26N2O3. The predicted octanol–water partition coefficient (Wildman–Crippen LogP) is 2.08. The van der Waals surface area contributed by atoms with Crippen molar-refractivity contribution < 1.29 is 14.3 Å². The summed E-state index contributed by atoms with van der Waals surface area (Å²) in [6.07, 6.45) is 4.72. The van der Waals surface area contributed by atoms with Crippen LogP contribution >= 0.6 is 0 Å². The molecule has 1 aliphatic heterocycles. The zero-order chi connectivity index (χ0) is 16.2. The molecule has 1 heterocycles. The Labute approximate surface area is 137 Å². The summed E-state index contributed by atoms with van der Waals surface area (Å²) in [4.78, 5) is 13.6. The molecule has 23 heavy (non-hydrogen) atoms. The van der Waals surface area contributed by atoms with Crippen molar-refractivity contribution in [2.75, 3.05) is 13.1 Å². The fourth-order valence-corrected chi connectivity index (χ4v) is 3.50. The summed E-state index contributed by atoms with van der Waals surface area (Å²) in [6.45, 7) is 4.10. The minimum atomic E-state index is -0.517. The van der Waals surface area contributed by atoms with Crippen LogP contribution in [0.15, 0.2) is 24.3 Å². The van der Waals surface area contributed by atoms with Crippen molar-refractivity contribution in [3.05, 3.63) is 29.8 Å². The van der Waals surface area contributed by atoms with Crippen LogP contribution in [0.4, 0.5) is 0 Å². The number of ether oxygens (including phenoxy) is 2. The minimum Gasteiger partial charge on any atom is -0.490 e. The topological polar surface area (TPSA) is 64.8 Å². The van der Waals surface area contributed by atoms with Crippen molar-refractivity contribution in [2.24, 2.45) is 5.73 Å². The lowest BCUT2D eigenvalue weighted by Gasteiger charge is -2.35. The lowest BCUT2D eigenvalue weighted by molar-refractivity contribution is -0.142. The number of nitrogens with zero attached hydrogens (tertiary/aromatic N) is 1. The normalized spacial score (nSPS) is 26.3. The van der Waals surface area contributed by atoms with Crippen molar-refractivity contribution in [3.8, 4) is 5.75 Å². The zero-order valence-electron chi connectivity index (χ0n) is 13.7. The van der Waals surface area contributed by atoms with Crippen molar-refractivity contribution >= 4 is 5.91 Å². The number of carbonyl (C=O) groups excluding carboxylic acids is 1. The molecule has 1 saturated heterocycles. The van der Waals surface area contributed by atoms with E-state index in [-0.39, 0.29) is 12.0 Å². The van der Waals surface area contributed by atoms with Gasteiger partial charge in [-0.2, -0.15) is 0 Å². The molecule has 1 amide bonds. The average Bonchev–Trinajstić information content (AvgIpc) is 3.00. The fourth-order valence-electron chi connectivity index (χ4n) is 3.50. The summed E-state index contributed by atoms with van der Waals surface area (Å²) in [7, 11) is 0. The molecule has 2 atom stereocenters. The van der Waals surface area contributed by atoms with Crippen LogP contribution in [0.5, 0.6) is 5.75 Å². The van der Waals surface area contributed by atoms with Gasteiger partial charge in [-0.15, -0.1) is 0 Å². The number of benzene rings is 1. The average molecular weight is 318 g/mol. The van der Waals surface area contributed by atoms with E-state index in [2.05, 4.69) is 17.0 Å². The van der Waals surface area contributed by atoms with Gasteiger partial charge in [-0.3, -0.25) is 9.69 Å². The van der Waals surface area contributed by atoms with Crippen molar-refractivity contribution in [1.29, 1.82) is 0 Å². The molecule has 2 aliphatic rings. The monoisotopic (exact) mass is 318 g/mol. The van der Waals surface area contributed by atoms with Crippen LogP contribution in [0.3, 0.4) is 0 Å². The van der Waals surface area contributed by atoms with E-state index in [1.165, 1.54) is 18.4 Å². The van der Waals surface area contributed by atoms with Gasteiger partial charge in [0, 0.05) is 19.6 Å². The predicted molar refractivity (Wildman–Crippen MR) is 88.1 cm³/mol. The molecule has 1 aliphatic carbocycles. The number of hydrogen-bond donors (Lipinski definition) is 1. The highest BCUT2D eigenvalue weighted by Gasteiger charge is 2.28. The molecule has 1 aromatic carbocycles. The molecule has 2 fully saturated rings. The summed E-state index contributed by atoms with van der Waals surface area (Å²) in [5, 5.41) is 0. The van der Waals surface area contributed by atoms with Gasteiger partial charge in [-0.05, 0) is 50.3 Å². The standard InChI is InChI=1S/C18H26N2O3/c1-13-10-20(12-17(22-13)18(19)21)11-14-5-4-8-16(9-14)23-15-6-2-3-7-15/h4-5,8-9,13,15,17H,2-3,6-7,10-12H2,1H3,(H2,19,21)/t13-,17+/m1/s1. The Morgan fingerprint density at radius 2 is 2.13 bits per heavy atom. The van der Waals surface area contributed by atoms with E-state index in [0.29, 0.717) is 12.6 Å². The molecule has 0 unspecified atom stereocenters. The van der Waals surface area contributed by atoms with E-state index < -0.39 is 6.10 Å². The van der Waals surface area contributed by atoms with Crippen LogP contribution in [0.1, 0.15) is 38.2 Å². The number of rotatable bonds is 5. The minimum absolute atomic E-state index is 0.0131. The van der Waals surface area contributed by atoms with Crippen molar-refractivity contribution in [1.82, 2.24) is 4.90 Å². The van der Waals surface area contributed by atoms with E-state index in [4.69, 9.17) is 15.2 Å². The molecule has 5 heteroatoms. The Morgan fingerprint density at radius 3 is 2.87 bits per heavy atom. The third-order valence-electron chi connectivity index (χ3n) is 4.56. The maximum Gasteiger partial charge on any atom is 0.247 e. The van der Waals surface area contributed by atoms with Gasteiger partial charge in [-0.25, -0.2) is 0 Å². The van der Waals surface area contributed by atoms with Crippen LogP contribution in [-0.4, -0.2) is 42.2 Å². The maximum atomic E-state index is 11.4. The summed E-state index contributed by atoms with van der Waals surface area (Å²) < 4.78 is 11.7. The van der Waals surface area contributed by atoms with Crippen molar-refractivity contribution in [3.63, 3.8) is 0 Å². The molecule has 5 nitrogen and oxygen atoms in total. The smallest absolute Gasteiger partial charge is 0.247 e. The zero-order valence-corrected chi connectivity index (χ0v) is 13.7. The van der Waals surface area contributed by atoms with E-state index in [0.717, 1.165) is 31.7 Å². The third kappa shape index (κ3) is 4.45. The summed E-state index contributed by atoms with van der Waals surface area (Å²) in [6, 6.07) is 8.27. The summed E-state index contributed by atoms with van der Waals surface area (Å²) >= 11 is 0. The Bertz CT molecular complexity index is 543. The van der Waals surface area contributed by atoms with Gasteiger partial charge in [0.2, 0.25) is 5.91 Å². The molecule has 2 N–H and O–H groups in total. The number of hydrogen-bond acceptors (Lipinski definition) is 4. The quantitative estimate of drug-likeness (QED) is 0.903. The Morgan fingerprint density at radius 1 is 1.35 bits per heavy atom. The largest absolute Gasteiger partial charge is 0.490 e. The van der Waals surface area contributed by atoms with Crippen LogP contribution in [0.25, 0.3) is 0 Å². The molecular weight excluding hydrogens is 292 g/mol. The second kappa shape index (κ2) is 7.32. The second-order valence-electron chi connectivity index (χ2n) is 6.70. The van der Waals surface area contributed by atoms with E-state index in [1.807, 2.05) is 19.1 Å². The van der Waals surface area contributed by atoms with E-state index in [9.17, 15) is 4.79 Å². The highest BCUT2D eigenvalue weighted by atomic mass is 16.5. The number of carbonyl (C=O) groups is 1. The first kappa shape index (κ1) is 16.3. The number of primary amides is 1.